The molecule has 1 heterocycles. The molecular weight excluding hydrogens is 262 g/mol. The van der Waals surface area contributed by atoms with Crippen LogP contribution in [0.1, 0.15) is 23.2 Å². The van der Waals surface area contributed by atoms with Crippen molar-refractivity contribution in [2.24, 2.45) is 5.73 Å². The second kappa shape index (κ2) is 6.11. The van der Waals surface area contributed by atoms with Gasteiger partial charge in [-0.3, -0.25) is 4.79 Å². The molecule has 1 amide bonds. The van der Waals surface area contributed by atoms with Gasteiger partial charge in [0.25, 0.3) is 5.91 Å². The molecule has 2 rings (SSSR count). The lowest BCUT2D eigenvalue weighted by atomic mass is 10.1. The minimum atomic E-state index is -1.09. The van der Waals surface area contributed by atoms with E-state index in [4.69, 9.17) is 5.73 Å². The zero-order chi connectivity index (χ0) is 12.4. The van der Waals surface area contributed by atoms with E-state index in [0.717, 1.165) is 18.9 Å². The predicted molar refractivity (Wildman–Crippen MR) is 66.7 cm³/mol. The fourth-order valence-corrected chi connectivity index (χ4v) is 2.03. The summed E-state index contributed by atoms with van der Waals surface area (Å²) in [7, 11) is 0. The summed E-state index contributed by atoms with van der Waals surface area (Å²) in [4.78, 5) is 13.5. The van der Waals surface area contributed by atoms with Crippen molar-refractivity contribution >= 4 is 18.3 Å². The summed E-state index contributed by atoms with van der Waals surface area (Å²) in [6.07, 6.45) is 1.65. The van der Waals surface area contributed by atoms with Crippen LogP contribution in [0.5, 0.6) is 0 Å². The molecule has 100 valence electrons. The average molecular weight is 277 g/mol. The number of nitrogens with two attached hydrogens (primary N) is 1. The summed E-state index contributed by atoms with van der Waals surface area (Å²) in [5, 5.41) is 0. The van der Waals surface area contributed by atoms with Gasteiger partial charge in [0.05, 0.1) is 5.56 Å². The lowest BCUT2D eigenvalue weighted by molar-refractivity contribution is 0.0703. The first-order valence-corrected chi connectivity index (χ1v) is 5.58. The van der Waals surface area contributed by atoms with Crippen LogP contribution in [0.4, 0.5) is 8.78 Å². The molecule has 2 N–H and O–H groups in total. The van der Waals surface area contributed by atoms with Crippen LogP contribution in [0.15, 0.2) is 18.2 Å². The fraction of sp³-hybridized carbons (Fsp3) is 0.417. The molecule has 0 saturated carbocycles. The number of hydrogen-bond acceptors (Lipinski definition) is 2. The highest BCUT2D eigenvalue weighted by molar-refractivity contribution is 5.94. The molecule has 1 saturated heterocycles. The zero-order valence-electron chi connectivity index (χ0n) is 9.73. The van der Waals surface area contributed by atoms with Crippen molar-refractivity contribution in [2.75, 3.05) is 13.1 Å². The standard InChI is InChI=1S/C12H14F2N2O.ClH/c13-10-5-1-4-9(11(10)14)12(17)16-6-2-3-8(15)7-16;/h1,4-5,8H,2-3,6-7,15H2;1H. The van der Waals surface area contributed by atoms with Crippen LogP contribution in [-0.4, -0.2) is 29.9 Å². The maximum atomic E-state index is 13.5. The molecule has 0 bridgehead atoms. The van der Waals surface area contributed by atoms with Crippen molar-refractivity contribution in [3.8, 4) is 0 Å². The Balaban J connectivity index is 0.00000162. The van der Waals surface area contributed by atoms with E-state index in [2.05, 4.69) is 0 Å². The van der Waals surface area contributed by atoms with Crippen LogP contribution in [0.2, 0.25) is 0 Å². The molecule has 6 heteroatoms. The quantitative estimate of drug-likeness (QED) is 0.852. The topological polar surface area (TPSA) is 46.3 Å². The number of benzene rings is 1. The molecule has 0 aliphatic carbocycles. The van der Waals surface area contributed by atoms with Crippen molar-refractivity contribution in [3.63, 3.8) is 0 Å². The Labute approximate surface area is 110 Å². The van der Waals surface area contributed by atoms with Gasteiger partial charge in [0.2, 0.25) is 0 Å². The molecular formula is C12H15ClF2N2O. The zero-order valence-corrected chi connectivity index (χ0v) is 10.6. The van der Waals surface area contributed by atoms with Crippen molar-refractivity contribution in [1.82, 2.24) is 4.90 Å². The van der Waals surface area contributed by atoms with Gasteiger partial charge in [0.15, 0.2) is 11.6 Å². The Kier molecular flexibility index (Phi) is 5.04. The highest BCUT2D eigenvalue weighted by atomic mass is 35.5. The Hall–Kier alpha value is -1.20. The van der Waals surface area contributed by atoms with Gasteiger partial charge < -0.3 is 10.6 Å². The van der Waals surface area contributed by atoms with E-state index in [1.807, 2.05) is 0 Å². The smallest absolute Gasteiger partial charge is 0.256 e. The maximum Gasteiger partial charge on any atom is 0.256 e. The van der Waals surface area contributed by atoms with E-state index < -0.39 is 17.5 Å². The minimum Gasteiger partial charge on any atom is -0.337 e. The highest BCUT2D eigenvalue weighted by Gasteiger charge is 2.25. The molecule has 1 aromatic carbocycles. The van der Waals surface area contributed by atoms with Gasteiger partial charge in [0.1, 0.15) is 0 Å². The molecule has 1 atom stereocenters. The second-order valence-corrected chi connectivity index (χ2v) is 4.25. The van der Waals surface area contributed by atoms with Gasteiger partial charge in [0, 0.05) is 19.1 Å². The van der Waals surface area contributed by atoms with Crippen LogP contribution < -0.4 is 5.73 Å². The molecule has 1 aliphatic rings. The summed E-state index contributed by atoms with van der Waals surface area (Å²) in [5.74, 6) is -2.58. The van der Waals surface area contributed by atoms with Crippen molar-refractivity contribution in [2.45, 2.75) is 18.9 Å². The lowest BCUT2D eigenvalue weighted by Gasteiger charge is -2.30. The van der Waals surface area contributed by atoms with Crippen molar-refractivity contribution in [1.29, 1.82) is 0 Å². The van der Waals surface area contributed by atoms with E-state index in [0.29, 0.717) is 13.1 Å². The third-order valence-corrected chi connectivity index (χ3v) is 2.93. The molecule has 1 aromatic rings. The maximum absolute atomic E-state index is 13.5. The summed E-state index contributed by atoms with van der Waals surface area (Å²) < 4.78 is 26.5. The number of piperidine rings is 1. The van der Waals surface area contributed by atoms with E-state index in [1.54, 1.807) is 0 Å². The van der Waals surface area contributed by atoms with Crippen LogP contribution in [-0.2, 0) is 0 Å². The van der Waals surface area contributed by atoms with E-state index in [1.165, 1.54) is 17.0 Å². The number of amides is 1. The highest BCUT2D eigenvalue weighted by Crippen LogP contribution is 2.16. The molecule has 3 nitrogen and oxygen atoms in total. The molecule has 1 aliphatic heterocycles. The number of likely N-dealkylation sites (tertiary alicyclic amines) is 1. The summed E-state index contributed by atoms with van der Waals surface area (Å²) in [5.41, 5.74) is 5.52. The van der Waals surface area contributed by atoms with Crippen LogP contribution in [0.3, 0.4) is 0 Å². The van der Waals surface area contributed by atoms with Crippen LogP contribution in [0.25, 0.3) is 0 Å². The number of rotatable bonds is 1. The predicted octanol–water partition coefficient (Wildman–Crippen LogP) is 1.95. The Morgan fingerprint density at radius 1 is 1.39 bits per heavy atom. The summed E-state index contributed by atoms with van der Waals surface area (Å²) in [6.45, 7) is 0.942. The Morgan fingerprint density at radius 3 is 2.78 bits per heavy atom. The molecule has 0 spiro atoms. The molecule has 18 heavy (non-hydrogen) atoms. The van der Waals surface area contributed by atoms with Crippen molar-refractivity contribution in [3.05, 3.63) is 35.4 Å². The first-order chi connectivity index (χ1) is 8.09. The van der Waals surface area contributed by atoms with E-state index >= 15 is 0 Å². The van der Waals surface area contributed by atoms with Gasteiger partial charge in [-0.2, -0.15) is 0 Å². The van der Waals surface area contributed by atoms with Crippen LogP contribution in [0, 0.1) is 11.6 Å². The van der Waals surface area contributed by atoms with Gasteiger partial charge in [-0.15, -0.1) is 12.4 Å². The molecule has 1 unspecified atom stereocenters. The first kappa shape index (κ1) is 14.9. The van der Waals surface area contributed by atoms with E-state index in [9.17, 15) is 13.6 Å². The molecule has 0 radical (unpaired) electrons. The number of carbonyl (C=O) groups is 1. The number of halogens is 3. The van der Waals surface area contributed by atoms with E-state index in [-0.39, 0.29) is 24.0 Å². The lowest BCUT2D eigenvalue weighted by Crippen LogP contribution is -2.45. The monoisotopic (exact) mass is 276 g/mol. The number of carbonyl (C=O) groups excluding carboxylic acids is 1. The third kappa shape index (κ3) is 2.97. The third-order valence-electron chi connectivity index (χ3n) is 2.93. The van der Waals surface area contributed by atoms with Gasteiger partial charge in [-0.25, -0.2) is 8.78 Å². The molecule has 0 aromatic heterocycles. The average Bonchev–Trinajstić information content (AvgIpc) is 2.32. The largest absolute Gasteiger partial charge is 0.337 e. The Bertz CT molecular complexity index is 442. The second-order valence-electron chi connectivity index (χ2n) is 4.25. The van der Waals surface area contributed by atoms with Gasteiger partial charge >= 0.3 is 0 Å². The van der Waals surface area contributed by atoms with Crippen LogP contribution >= 0.6 is 12.4 Å². The number of nitrogens with zero attached hydrogens (tertiary/aromatic N) is 1. The van der Waals surface area contributed by atoms with Crippen molar-refractivity contribution < 1.29 is 13.6 Å². The van der Waals surface area contributed by atoms with Gasteiger partial charge in [-0.1, -0.05) is 6.07 Å². The molecule has 1 fully saturated rings. The minimum absolute atomic E-state index is 0. The van der Waals surface area contributed by atoms with Gasteiger partial charge in [-0.05, 0) is 25.0 Å². The summed E-state index contributed by atoms with van der Waals surface area (Å²) >= 11 is 0. The fourth-order valence-electron chi connectivity index (χ4n) is 2.03. The number of hydrogen-bond donors (Lipinski definition) is 1. The first-order valence-electron chi connectivity index (χ1n) is 5.58. The SMILES string of the molecule is Cl.NC1CCCN(C(=O)c2cccc(F)c2F)C1. The Morgan fingerprint density at radius 2 is 2.11 bits per heavy atom. The normalized spacial score (nSPS) is 19.3. The summed E-state index contributed by atoms with van der Waals surface area (Å²) in [6, 6.07) is 3.54.